The van der Waals surface area contributed by atoms with Crippen LogP contribution in [0.4, 0.5) is 5.88 Å². The molecule has 0 atom stereocenters. The third-order valence-corrected chi connectivity index (χ3v) is 1.40. The zero-order valence-corrected chi connectivity index (χ0v) is 8.54. The summed E-state index contributed by atoms with van der Waals surface area (Å²) in [5.74, 6) is 0.716. The van der Waals surface area contributed by atoms with E-state index < -0.39 is 0 Å². The second-order valence-corrected chi connectivity index (χ2v) is 2.75. The minimum atomic E-state index is 0. The molecule has 11 heavy (non-hydrogen) atoms. The van der Waals surface area contributed by atoms with E-state index in [1.807, 2.05) is 0 Å². The summed E-state index contributed by atoms with van der Waals surface area (Å²) in [5.41, 5.74) is 0. The fourth-order valence-corrected chi connectivity index (χ4v) is 0.865. The Balaban J connectivity index is 0.000001000. The SMILES string of the molecule is CCCNc1cc(Br)no1.Cl. The van der Waals surface area contributed by atoms with Crippen LogP contribution in [0.3, 0.4) is 0 Å². The van der Waals surface area contributed by atoms with Crippen LogP contribution in [-0.2, 0) is 0 Å². The molecule has 1 aromatic heterocycles. The summed E-state index contributed by atoms with van der Waals surface area (Å²) in [6.45, 7) is 3.01. The van der Waals surface area contributed by atoms with Gasteiger partial charge in [0, 0.05) is 12.6 Å². The zero-order valence-electron chi connectivity index (χ0n) is 6.13. The lowest BCUT2D eigenvalue weighted by Crippen LogP contribution is -1.97. The van der Waals surface area contributed by atoms with Crippen LogP contribution in [0.2, 0.25) is 0 Å². The van der Waals surface area contributed by atoms with Crippen LogP contribution in [0.25, 0.3) is 0 Å². The molecular formula is C6H10BrClN2O. The van der Waals surface area contributed by atoms with Gasteiger partial charge >= 0.3 is 0 Å². The molecule has 0 unspecified atom stereocenters. The average Bonchev–Trinajstić information content (AvgIpc) is 2.31. The highest BCUT2D eigenvalue weighted by atomic mass is 79.9. The third kappa shape index (κ3) is 3.62. The molecule has 0 aliphatic carbocycles. The van der Waals surface area contributed by atoms with Crippen LogP contribution in [-0.4, -0.2) is 11.7 Å². The molecule has 0 fully saturated rings. The minimum Gasteiger partial charge on any atom is -0.354 e. The lowest BCUT2D eigenvalue weighted by Gasteiger charge is -1.94. The third-order valence-electron chi connectivity index (χ3n) is 1.03. The number of anilines is 1. The summed E-state index contributed by atoms with van der Waals surface area (Å²) in [6, 6.07) is 1.80. The van der Waals surface area contributed by atoms with Crippen molar-refractivity contribution in [1.29, 1.82) is 0 Å². The number of halogens is 2. The molecule has 0 amide bonds. The summed E-state index contributed by atoms with van der Waals surface area (Å²) in [4.78, 5) is 0. The average molecular weight is 242 g/mol. The number of hydrogen-bond acceptors (Lipinski definition) is 3. The van der Waals surface area contributed by atoms with E-state index in [1.54, 1.807) is 6.07 Å². The fourth-order valence-electron chi connectivity index (χ4n) is 0.585. The number of nitrogens with zero attached hydrogens (tertiary/aromatic N) is 1. The van der Waals surface area contributed by atoms with Gasteiger partial charge in [0.1, 0.15) is 0 Å². The first-order chi connectivity index (χ1) is 4.83. The van der Waals surface area contributed by atoms with Crippen molar-refractivity contribution in [2.45, 2.75) is 13.3 Å². The maximum absolute atomic E-state index is 4.86. The highest BCUT2D eigenvalue weighted by molar-refractivity contribution is 9.10. The molecule has 64 valence electrons. The molecular weight excluding hydrogens is 231 g/mol. The zero-order chi connectivity index (χ0) is 7.40. The molecule has 1 rings (SSSR count). The molecule has 0 aromatic carbocycles. The monoisotopic (exact) mass is 240 g/mol. The molecule has 0 spiro atoms. The first-order valence-corrected chi connectivity index (χ1v) is 3.98. The molecule has 0 aliphatic rings. The van der Waals surface area contributed by atoms with Crippen LogP contribution >= 0.6 is 28.3 Å². The summed E-state index contributed by atoms with van der Waals surface area (Å²) >= 11 is 3.18. The maximum atomic E-state index is 4.86. The van der Waals surface area contributed by atoms with Crippen molar-refractivity contribution in [3.63, 3.8) is 0 Å². The topological polar surface area (TPSA) is 38.1 Å². The molecule has 0 saturated heterocycles. The maximum Gasteiger partial charge on any atom is 0.225 e. The Morgan fingerprint density at radius 3 is 2.91 bits per heavy atom. The summed E-state index contributed by atoms with van der Waals surface area (Å²) in [5, 5.41) is 6.70. The van der Waals surface area contributed by atoms with E-state index in [1.165, 1.54) is 0 Å². The number of hydrogen-bond donors (Lipinski definition) is 1. The van der Waals surface area contributed by atoms with Crippen molar-refractivity contribution in [3.05, 3.63) is 10.7 Å². The second-order valence-electron chi connectivity index (χ2n) is 1.94. The normalized spacial score (nSPS) is 8.91. The van der Waals surface area contributed by atoms with Crippen LogP contribution in [0.15, 0.2) is 15.2 Å². The van der Waals surface area contributed by atoms with Crippen molar-refractivity contribution >= 4 is 34.2 Å². The molecule has 3 nitrogen and oxygen atoms in total. The van der Waals surface area contributed by atoms with E-state index in [4.69, 9.17) is 4.52 Å². The Labute approximate surface area is 80.1 Å². The number of rotatable bonds is 3. The van der Waals surface area contributed by atoms with E-state index in [0.29, 0.717) is 5.88 Å². The van der Waals surface area contributed by atoms with Gasteiger partial charge in [0.05, 0.1) is 0 Å². The molecule has 0 saturated carbocycles. The molecule has 1 aromatic rings. The quantitative estimate of drug-likeness (QED) is 0.884. The van der Waals surface area contributed by atoms with Gasteiger partial charge < -0.3 is 9.84 Å². The van der Waals surface area contributed by atoms with Gasteiger partial charge in [0.2, 0.25) is 5.88 Å². The Bertz CT molecular complexity index is 204. The molecule has 0 bridgehead atoms. The van der Waals surface area contributed by atoms with E-state index in [2.05, 4.69) is 33.3 Å². The van der Waals surface area contributed by atoms with E-state index in [9.17, 15) is 0 Å². The van der Waals surface area contributed by atoms with Crippen LogP contribution in [0.5, 0.6) is 0 Å². The van der Waals surface area contributed by atoms with Crippen molar-refractivity contribution in [2.24, 2.45) is 0 Å². The van der Waals surface area contributed by atoms with Gasteiger partial charge in [-0.2, -0.15) is 0 Å². The molecule has 0 aliphatic heterocycles. The van der Waals surface area contributed by atoms with Gasteiger partial charge in [-0.05, 0) is 22.4 Å². The van der Waals surface area contributed by atoms with Gasteiger partial charge in [-0.15, -0.1) is 12.4 Å². The summed E-state index contributed by atoms with van der Waals surface area (Å²) in [6.07, 6.45) is 1.08. The fraction of sp³-hybridized carbons (Fsp3) is 0.500. The van der Waals surface area contributed by atoms with Gasteiger partial charge in [-0.3, -0.25) is 0 Å². The Morgan fingerprint density at radius 2 is 2.45 bits per heavy atom. The Morgan fingerprint density at radius 1 is 1.73 bits per heavy atom. The second kappa shape index (κ2) is 5.43. The van der Waals surface area contributed by atoms with Gasteiger partial charge in [-0.25, -0.2) is 0 Å². The Kier molecular flexibility index (Phi) is 5.32. The van der Waals surface area contributed by atoms with Gasteiger partial charge in [0.25, 0.3) is 0 Å². The van der Waals surface area contributed by atoms with Crippen molar-refractivity contribution in [2.75, 3.05) is 11.9 Å². The van der Waals surface area contributed by atoms with E-state index >= 15 is 0 Å². The molecule has 0 radical (unpaired) electrons. The number of aromatic nitrogens is 1. The standard InChI is InChI=1S/C6H9BrN2O.ClH/c1-2-3-8-6-4-5(7)9-10-6;/h4,8H,2-3H2,1H3;1H. The highest BCUT2D eigenvalue weighted by Gasteiger charge is 1.97. The van der Waals surface area contributed by atoms with E-state index in [0.717, 1.165) is 17.6 Å². The van der Waals surface area contributed by atoms with Crippen LogP contribution < -0.4 is 5.32 Å². The predicted molar refractivity (Wildman–Crippen MR) is 50.2 cm³/mol. The van der Waals surface area contributed by atoms with Crippen molar-refractivity contribution in [1.82, 2.24) is 5.16 Å². The molecule has 5 heteroatoms. The van der Waals surface area contributed by atoms with Crippen molar-refractivity contribution < 1.29 is 4.52 Å². The summed E-state index contributed by atoms with van der Waals surface area (Å²) in [7, 11) is 0. The molecule has 1 heterocycles. The van der Waals surface area contributed by atoms with Gasteiger partial charge in [-0.1, -0.05) is 12.1 Å². The molecule has 1 N–H and O–H groups in total. The van der Waals surface area contributed by atoms with E-state index in [-0.39, 0.29) is 12.4 Å². The lowest BCUT2D eigenvalue weighted by molar-refractivity contribution is 0.427. The number of nitrogens with one attached hydrogen (secondary N) is 1. The van der Waals surface area contributed by atoms with Crippen LogP contribution in [0.1, 0.15) is 13.3 Å². The largest absolute Gasteiger partial charge is 0.354 e. The van der Waals surface area contributed by atoms with Crippen LogP contribution in [0, 0.1) is 0 Å². The first kappa shape index (κ1) is 10.8. The highest BCUT2D eigenvalue weighted by Crippen LogP contribution is 2.13. The first-order valence-electron chi connectivity index (χ1n) is 3.19. The smallest absolute Gasteiger partial charge is 0.225 e. The lowest BCUT2D eigenvalue weighted by atomic mass is 10.5. The predicted octanol–water partition coefficient (Wildman–Crippen LogP) is 2.68. The Hall–Kier alpha value is -0.220. The van der Waals surface area contributed by atoms with Crippen molar-refractivity contribution in [3.8, 4) is 0 Å². The summed E-state index contributed by atoms with van der Waals surface area (Å²) < 4.78 is 5.59. The minimum absolute atomic E-state index is 0. The van der Waals surface area contributed by atoms with Gasteiger partial charge in [0.15, 0.2) is 4.60 Å².